The molecule has 0 radical (unpaired) electrons. The summed E-state index contributed by atoms with van der Waals surface area (Å²) in [6.07, 6.45) is 0. The SMILES string of the molecule is c1ccc2cc(-c3nc(N4c5cc6ccccc6cc5-c5cccc6cccc4c56)nc4c3sc3ccccc34)ccc2c1. The highest BCUT2D eigenvalue weighted by Gasteiger charge is 2.29. The number of rotatable bonds is 2. The highest BCUT2D eigenvalue weighted by Crippen LogP contribution is 2.52. The molecule has 1 aliphatic heterocycles. The Morgan fingerprint density at radius 3 is 2.07 bits per heavy atom. The lowest BCUT2D eigenvalue weighted by Gasteiger charge is -2.32. The summed E-state index contributed by atoms with van der Waals surface area (Å²) in [6.45, 7) is 0. The van der Waals surface area contributed by atoms with Gasteiger partial charge in [0.15, 0.2) is 0 Å². The molecule has 3 heterocycles. The van der Waals surface area contributed by atoms with Gasteiger partial charge in [-0.15, -0.1) is 11.3 Å². The molecule has 0 spiro atoms. The van der Waals surface area contributed by atoms with Crippen molar-refractivity contribution in [2.45, 2.75) is 0 Å². The van der Waals surface area contributed by atoms with E-state index in [4.69, 9.17) is 9.97 Å². The van der Waals surface area contributed by atoms with Crippen molar-refractivity contribution < 1.29 is 0 Å². The van der Waals surface area contributed by atoms with Crippen LogP contribution in [0.4, 0.5) is 17.3 Å². The van der Waals surface area contributed by atoms with Crippen LogP contribution in [-0.2, 0) is 0 Å². The van der Waals surface area contributed by atoms with Crippen LogP contribution in [-0.4, -0.2) is 9.97 Å². The van der Waals surface area contributed by atoms with Gasteiger partial charge in [-0.1, -0.05) is 109 Å². The summed E-state index contributed by atoms with van der Waals surface area (Å²) < 4.78 is 2.33. The van der Waals surface area contributed by atoms with Gasteiger partial charge in [0.1, 0.15) is 0 Å². The molecule has 0 amide bonds. The Morgan fingerprint density at radius 2 is 1.20 bits per heavy atom. The maximum absolute atomic E-state index is 5.46. The maximum atomic E-state index is 5.46. The monoisotopic (exact) mass is 577 g/mol. The Balaban J connectivity index is 1.33. The van der Waals surface area contributed by atoms with Crippen molar-refractivity contribution >= 4 is 81.3 Å². The number of thiophene rings is 1. The van der Waals surface area contributed by atoms with Crippen LogP contribution in [0.25, 0.3) is 75.0 Å². The Bertz CT molecular complexity index is 2630. The van der Waals surface area contributed by atoms with Crippen molar-refractivity contribution in [3.63, 3.8) is 0 Å². The number of hydrogen-bond acceptors (Lipinski definition) is 4. The molecule has 0 bridgehead atoms. The number of anilines is 3. The summed E-state index contributed by atoms with van der Waals surface area (Å²) in [6, 6.07) is 50.1. The minimum absolute atomic E-state index is 0.683. The van der Waals surface area contributed by atoms with Gasteiger partial charge < -0.3 is 0 Å². The van der Waals surface area contributed by atoms with Crippen LogP contribution in [0.15, 0.2) is 140 Å². The molecule has 0 atom stereocenters. The van der Waals surface area contributed by atoms with Crippen molar-refractivity contribution in [1.82, 2.24) is 9.97 Å². The lowest BCUT2D eigenvalue weighted by molar-refractivity contribution is 1.12. The van der Waals surface area contributed by atoms with E-state index in [0.717, 1.165) is 38.2 Å². The van der Waals surface area contributed by atoms with E-state index >= 15 is 0 Å². The van der Waals surface area contributed by atoms with Crippen LogP contribution < -0.4 is 4.90 Å². The summed E-state index contributed by atoms with van der Waals surface area (Å²) in [5.41, 5.74) is 7.68. The highest BCUT2D eigenvalue weighted by molar-refractivity contribution is 7.26. The van der Waals surface area contributed by atoms with Crippen molar-refractivity contribution in [3.05, 3.63) is 140 Å². The normalized spacial score (nSPS) is 12.5. The molecule has 3 nitrogen and oxygen atoms in total. The Hall–Kier alpha value is -5.58. The molecule has 0 saturated carbocycles. The van der Waals surface area contributed by atoms with Crippen molar-refractivity contribution in [3.8, 4) is 22.4 Å². The van der Waals surface area contributed by atoms with Crippen LogP contribution >= 0.6 is 11.3 Å². The zero-order valence-electron chi connectivity index (χ0n) is 23.5. The first-order chi connectivity index (χ1) is 21.8. The molecule has 1 aliphatic rings. The van der Waals surface area contributed by atoms with Crippen molar-refractivity contribution in [1.29, 1.82) is 0 Å². The van der Waals surface area contributed by atoms with E-state index in [1.807, 2.05) is 0 Å². The minimum Gasteiger partial charge on any atom is -0.278 e. The number of nitrogens with zero attached hydrogens (tertiary/aromatic N) is 3. The molecule has 0 saturated heterocycles. The number of aromatic nitrogens is 2. The lowest BCUT2D eigenvalue weighted by atomic mass is 9.89. The van der Waals surface area contributed by atoms with E-state index in [1.54, 1.807) is 11.3 Å². The second kappa shape index (κ2) is 8.96. The number of hydrogen-bond donors (Lipinski definition) is 0. The predicted octanol–water partition coefficient (Wildman–Crippen LogP) is 11.4. The van der Waals surface area contributed by atoms with Crippen LogP contribution in [0.2, 0.25) is 0 Å². The van der Waals surface area contributed by atoms with Gasteiger partial charge in [-0.2, -0.15) is 0 Å². The minimum atomic E-state index is 0.683. The third-order valence-corrected chi connectivity index (χ3v) is 10.1. The summed E-state index contributed by atoms with van der Waals surface area (Å²) >= 11 is 1.77. The maximum Gasteiger partial charge on any atom is 0.235 e. The fourth-order valence-corrected chi connectivity index (χ4v) is 8.07. The van der Waals surface area contributed by atoms with E-state index in [9.17, 15) is 0 Å². The Labute approximate surface area is 257 Å². The average molecular weight is 578 g/mol. The first kappa shape index (κ1) is 23.9. The molecule has 4 heteroatoms. The van der Waals surface area contributed by atoms with Crippen LogP contribution in [0.5, 0.6) is 0 Å². The van der Waals surface area contributed by atoms with E-state index in [2.05, 4.69) is 144 Å². The molecule has 7 aromatic carbocycles. The quantitative estimate of drug-likeness (QED) is 0.205. The molecule has 44 heavy (non-hydrogen) atoms. The first-order valence-corrected chi connectivity index (χ1v) is 15.7. The van der Waals surface area contributed by atoms with E-state index < -0.39 is 0 Å². The van der Waals surface area contributed by atoms with Gasteiger partial charge in [-0.3, -0.25) is 4.90 Å². The van der Waals surface area contributed by atoms with E-state index in [-0.39, 0.29) is 0 Å². The van der Waals surface area contributed by atoms with Crippen LogP contribution in [0, 0.1) is 0 Å². The zero-order chi connectivity index (χ0) is 28.8. The Kier molecular flexibility index (Phi) is 4.87. The molecule has 10 rings (SSSR count). The topological polar surface area (TPSA) is 29.0 Å². The van der Waals surface area contributed by atoms with E-state index in [1.165, 1.54) is 48.1 Å². The number of benzene rings is 7. The fraction of sp³-hybridized carbons (Fsp3) is 0. The largest absolute Gasteiger partial charge is 0.278 e. The zero-order valence-corrected chi connectivity index (χ0v) is 24.3. The van der Waals surface area contributed by atoms with Gasteiger partial charge in [-0.05, 0) is 62.8 Å². The summed E-state index contributed by atoms with van der Waals surface area (Å²) in [5, 5.41) is 8.43. The van der Waals surface area contributed by atoms with Gasteiger partial charge in [-0.25, -0.2) is 9.97 Å². The molecule has 0 N–H and O–H groups in total. The molecular formula is C40H23N3S. The van der Waals surface area contributed by atoms with Gasteiger partial charge in [0.25, 0.3) is 0 Å². The van der Waals surface area contributed by atoms with Crippen LogP contribution in [0.1, 0.15) is 0 Å². The summed E-state index contributed by atoms with van der Waals surface area (Å²) in [4.78, 5) is 13.1. The smallest absolute Gasteiger partial charge is 0.235 e. The fourth-order valence-electron chi connectivity index (χ4n) is 6.92. The lowest BCUT2D eigenvalue weighted by Crippen LogP contribution is -2.18. The summed E-state index contributed by atoms with van der Waals surface area (Å²) in [7, 11) is 0. The molecule has 9 aromatic rings. The molecule has 0 fully saturated rings. The first-order valence-electron chi connectivity index (χ1n) is 14.8. The molecule has 204 valence electrons. The average Bonchev–Trinajstić information content (AvgIpc) is 3.46. The standard InChI is InChI=1S/C40H23N3S/c1-2-10-26-21-29(20-19-24(26)9-1)37-39-38(31-15-5-6-18-35(31)44-39)42-40(41-37)43-33-17-8-14-25-13-7-16-30(36(25)33)32-22-27-11-3-4-12-28(27)23-34(32)43/h1-23H. The van der Waals surface area contributed by atoms with Gasteiger partial charge in [0.05, 0.1) is 27.3 Å². The third-order valence-electron chi connectivity index (χ3n) is 8.95. The van der Waals surface area contributed by atoms with Gasteiger partial charge >= 0.3 is 0 Å². The van der Waals surface area contributed by atoms with E-state index in [0.29, 0.717) is 5.95 Å². The second-order valence-electron chi connectivity index (χ2n) is 11.4. The van der Waals surface area contributed by atoms with Crippen molar-refractivity contribution in [2.24, 2.45) is 0 Å². The van der Waals surface area contributed by atoms with Gasteiger partial charge in [0.2, 0.25) is 5.95 Å². The molecule has 0 aliphatic carbocycles. The Morgan fingerprint density at radius 1 is 0.500 bits per heavy atom. The van der Waals surface area contributed by atoms with Crippen molar-refractivity contribution in [2.75, 3.05) is 4.90 Å². The van der Waals surface area contributed by atoms with Crippen LogP contribution in [0.3, 0.4) is 0 Å². The van der Waals surface area contributed by atoms with Gasteiger partial charge in [0, 0.05) is 26.6 Å². The molecule has 0 unspecified atom stereocenters. The predicted molar refractivity (Wildman–Crippen MR) is 187 cm³/mol. The highest BCUT2D eigenvalue weighted by atomic mass is 32.1. The third kappa shape index (κ3) is 3.37. The number of fused-ring (bicyclic) bond motifs is 7. The molecule has 2 aromatic heterocycles. The second-order valence-corrected chi connectivity index (χ2v) is 12.5. The molecular weight excluding hydrogens is 555 g/mol. The summed E-state index contributed by atoms with van der Waals surface area (Å²) in [5.74, 6) is 0.683.